The van der Waals surface area contributed by atoms with Gasteiger partial charge in [-0.25, -0.2) is 0 Å². The average Bonchev–Trinajstić information content (AvgIpc) is 2.57. The summed E-state index contributed by atoms with van der Waals surface area (Å²) in [4.78, 5) is 35.0. The van der Waals surface area contributed by atoms with Gasteiger partial charge in [-0.1, -0.05) is 0 Å². The molecule has 0 aliphatic rings. The first-order valence-corrected chi connectivity index (χ1v) is 7.91. The van der Waals surface area contributed by atoms with Gasteiger partial charge in [0.2, 0.25) is 11.8 Å². The molecule has 0 heterocycles. The highest BCUT2D eigenvalue weighted by Gasteiger charge is 2.10. The summed E-state index contributed by atoms with van der Waals surface area (Å²) in [5.41, 5.74) is 1.68. The molecule has 0 bridgehead atoms. The van der Waals surface area contributed by atoms with Crippen molar-refractivity contribution in [3.8, 4) is 5.75 Å². The normalized spacial score (nSPS) is 10.0. The largest absolute Gasteiger partial charge is 0.494 e. The van der Waals surface area contributed by atoms with Crippen LogP contribution in [0.25, 0.3) is 0 Å². The van der Waals surface area contributed by atoms with Crippen molar-refractivity contribution in [3.05, 3.63) is 54.1 Å². The highest BCUT2D eigenvalue weighted by molar-refractivity contribution is 6.08. The molecule has 130 valence electrons. The zero-order valence-corrected chi connectivity index (χ0v) is 14.2. The van der Waals surface area contributed by atoms with Crippen LogP contribution in [0.15, 0.2) is 48.5 Å². The van der Waals surface area contributed by atoms with E-state index in [1.54, 1.807) is 48.5 Å². The quantitative estimate of drug-likeness (QED) is 0.598. The summed E-state index contributed by atoms with van der Waals surface area (Å²) in [6.07, 6.45) is -0.304. The lowest BCUT2D eigenvalue weighted by Gasteiger charge is -2.08. The molecular formula is C19H20N2O4. The first-order valence-electron chi connectivity index (χ1n) is 7.91. The van der Waals surface area contributed by atoms with E-state index >= 15 is 0 Å². The Morgan fingerprint density at radius 1 is 0.840 bits per heavy atom. The SMILES string of the molecule is CCOc1ccc(NC(=O)CC(=O)Nc2ccc(C(C)=O)cc2)cc1. The monoisotopic (exact) mass is 340 g/mol. The summed E-state index contributed by atoms with van der Waals surface area (Å²) in [5.74, 6) is -0.180. The third-order valence-corrected chi connectivity index (χ3v) is 3.35. The van der Waals surface area contributed by atoms with E-state index in [1.807, 2.05) is 6.92 Å². The van der Waals surface area contributed by atoms with E-state index in [1.165, 1.54) is 6.92 Å². The molecule has 0 unspecified atom stereocenters. The van der Waals surface area contributed by atoms with Gasteiger partial charge in [-0.2, -0.15) is 0 Å². The molecule has 0 radical (unpaired) electrons. The van der Waals surface area contributed by atoms with Gasteiger partial charge < -0.3 is 15.4 Å². The van der Waals surface area contributed by atoms with Crippen LogP contribution in [0.4, 0.5) is 11.4 Å². The molecular weight excluding hydrogens is 320 g/mol. The van der Waals surface area contributed by atoms with Crippen molar-refractivity contribution in [2.75, 3.05) is 17.2 Å². The van der Waals surface area contributed by atoms with Gasteiger partial charge >= 0.3 is 0 Å². The summed E-state index contributed by atoms with van der Waals surface area (Å²) < 4.78 is 5.32. The summed E-state index contributed by atoms with van der Waals surface area (Å²) in [6.45, 7) is 3.93. The van der Waals surface area contributed by atoms with Crippen LogP contribution >= 0.6 is 0 Å². The fourth-order valence-corrected chi connectivity index (χ4v) is 2.15. The molecule has 0 saturated heterocycles. The number of nitrogens with one attached hydrogen (secondary N) is 2. The maximum absolute atomic E-state index is 11.9. The van der Waals surface area contributed by atoms with E-state index < -0.39 is 11.8 Å². The maximum atomic E-state index is 11.9. The number of Topliss-reactive ketones (excluding diaryl/α,β-unsaturated/α-hetero) is 1. The van der Waals surface area contributed by atoms with Crippen molar-refractivity contribution >= 4 is 29.0 Å². The Bertz CT molecular complexity index is 752. The lowest BCUT2D eigenvalue weighted by atomic mass is 10.1. The third kappa shape index (κ3) is 5.76. The number of carbonyl (C=O) groups is 3. The fraction of sp³-hybridized carbons (Fsp3) is 0.211. The van der Waals surface area contributed by atoms with Gasteiger partial charge in [0.1, 0.15) is 12.2 Å². The summed E-state index contributed by atoms with van der Waals surface area (Å²) in [6, 6.07) is 13.4. The van der Waals surface area contributed by atoms with Crippen LogP contribution in [0.5, 0.6) is 5.75 Å². The molecule has 0 saturated carbocycles. The van der Waals surface area contributed by atoms with Crippen LogP contribution in [0.2, 0.25) is 0 Å². The standard InChI is InChI=1S/C19H20N2O4/c1-3-25-17-10-8-16(9-11-17)21-19(24)12-18(23)20-15-6-4-14(5-7-15)13(2)22/h4-11H,3,12H2,1-2H3,(H,20,23)(H,21,24). The minimum absolute atomic E-state index is 0.0485. The number of hydrogen-bond acceptors (Lipinski definition) is 4. The van der Waals surface area contributed by atoms with Gasteiger partial charge in [0.05, 0.1) is 6.61 Å². The molecule has 2 aromatic rings. The predicted octanol–water partition coefficient (Wildman–Crippen LogP) is 3.26. The molecule has 0 aromatic heterocycles. The molecule has 2 aromatic carbocycles. The van der Waals surface area contributed by atoms with Gasteiger partial charge in [0.25, 0.3) is 0 Å². The van der Waals surface area contributed by atoms with Crippen molar-refractivity contribution in [1.82, 2.24) is 0 Å². The van der Waals surface area contributed by atoms with Gasteiger partial charge in [0.15, 0.2) is 5.78 Å². The summed E-state index contributed by atoms with van der Waals surface area (Å²) in [5, 5.41) is 5.27. The smallest absolute Gasteiger partial charge is 0.233 e. The zero-order chi connectivity index (χ0) is 18.2. The number of hydrogen-bond donors (Lipinski definition) is 2. The summed E-state index contributed by atoms with van der Waals surface area (Å²) >= 11 is 0. The minimum atomic E-state index is -0.431. The Hall–Kier alpha value is -3.15. The number of carbonyl (C=O) groups excluding carboxylic acids is 3. The summed E-state index contributed by atoms with van der Waals surface area (Å²) in [7, 11) is 0. The number of rotatable bonds is 7. The van der Waals surface area contributed by atoms with E-state index in [4.69, 9.17) is 4.74 Å². The van der Waals surface area contributed by atoms with E-state index in [0.717, 1.165) is 0 Å². The van der Waals surface area contributed by atoms with Crippen LogP contribution in [0.3, 0.4) is 0 Å². The molecule has 0 aliphatic heterocycles. The number of ether oxygens (including phenoxy) is 1. The lowest BCUT2D eigenvalue weighted by Crippen LogP contribution is -2.21. The van der Waals surface area contributed by atoms with Gasteiger partial charge in [-0.3, -0.25) is 14.4 Å². The fourth-order valence-electron chi connectivity index (χ4n) is 2.15. The van der Waals surface area contributed by atoms with Crippen molar-refractivity contribution in [3.63, 3.8) is 0 Å². The number of amides is 2. The highest BCUT2D eigenvalue weighted by Crippen LogP contribution is 2.16. The molecule has 6 heteroatoms. The van der Waals surface area contributed by atoms with E-state index in [-0.39, 0.29) is 12.2 Å². The van der Waals surface area contributed by atoms with Gasteiger partial charge in [0, 0.05) is 16.9 Å². The number of anilines is 2. The van der Waals surface area contributed by atoms with Crippen molar-refractivity contribution in [1.29, 1.82) is 0 Å². The second kappa shape index (κ2) is 8.63. The average molecular weight is 340 g/mol. The minimum Gasteiger partial charge on any atom is -0.494 e. The molecule has 2 rings (SSSR count). The Balaban J connectivity index is 1.85. The molecule has 25 heavy (non-hydrogen) atoms. The van der Waals surface area contributed by atoms with Crippen LogP contribution in [-0.4, -0.2) is 24.2 Å². The topological polar surface area (TPSA) is 84.5 Å². The highest BCUT2D eigenvalue weighted by atomic mass is 16.5. The Morgan fingerprint density at radius 3 is 1.76 bits per heavy atom. The van der Waals surface area contributed by atoms with E-state index in [0.29, 0.717) is 29.3 Å². The third-order valence-electron chi connectivity index (χ3n) is 3.35. The Kier molecular flexibility index (Phi) is 6.28. The molecule has 2 amide bonds. The molecule has 0 atom stereocenters. The number of ketones is 1. The molecule has 0 spiro atoms. The second-order valence-corrected chi connectivity index (χ2v) is 5.36. The molecule has 0 fully saturated rings. The first kappa shape index (κ1) is 18.2. The number of benzene rings is 2. The van der Waals surface area contributed by atoms with E-state index in [2.05, 4.69) is 10.6 Å². The second-order valence-electron chi connectivity index (χ2n) is 5.36. The maximum Gasteiger partial charge on any atom is 0.233 e. The predicted molar refractivity (Wildman–Crippen MR) is 95.9 cm³/mol. The lowest BCUT2D eigenvalue weighted by molar-refractivity contribution is -0.123. The Morgan fingerprint density at radius 2 is 1.32 bits per heavy atom. The zero-order valence-electron chi connectivity index (χ0n) is 14.2. The van der Waals surface area contributed by atoms with Crippen LogP contribution in [0, 0.1) is 0 Å². The van der Waals surface area contributed by atoms with Gasteiger partial charge in [-0.15, -0.1) is 0 Å². The van der Waals surface area contributed by atoms with Crippen LogP contribution < -0.4 is 15.4 Å². The van der Waals surface area contributed by atoms with E-state index in [9.17, 15) is 14.4 Å². The van der Waals surface area contributed by atoms with Gasteiger partial charge in [-0.05, 0) is 62.4 Å². The molecule has 6 nitrogen and oxygen atoms in total. The first-order chi connectivity index (χ1) is 12.0. The van der Waals surface area contributed by atoms with Crippen LogP contribution in [-0.2, 0) is 9.59 Å². The molecule has 0 aliphatic carbocycles. The van der Waals surface area contributed by atoms with Crippen molar-refractivity contribution in [2.45, 2.75) is 20.3 Å². The Labute approximate surface area is 146 Å². The molecule has 2 N–H and O–H groups in total. The van der Waals surface area contributed by atoms with Crippen LogP contribution in [0.1, 0.15) is 30.6 Å². The van der Waals surface area contributed by atoms with Crippen molar-refractivity contribution < 1.29 is 19.1 Å². The van der Waals surface area contributed by atoms with Crippen molar-refractivity contribution in [2.24, 2.45) is 0 Å².